The molecule has 0 unspecified atom stereocenters. The van der Waals surface area contributed by atoms with Gasteiger partial charge in [0.25, 0.3) is 0 Å². The summed E-state index contributed by atoms with van der Waals surface area (Å²) in [7, 11) is 0. The molecule has 0 heterocycles. The van der Waals surface area contributed by atoms with E-state index in [4.69, 9.17) is 4.74 Å². The average Bonchev–Trinajstić information content (AvgIpc) is 2.76. The molecule has 0 radical (unpaired) electrons. The lowest BCUT2D eigenvalue weighted by Gasteiger charge is -2.37. The van der Waals surface area contributed by atoms with E-state index >= 15 is 0 Å². The second kappa shape index (κ2) is 10.9. The summed E-state index contributed by atoms with van der Waals surface area (Å²) in [5.74, 6) is -0.191. The van der Waals surface area contributed by atoms with Crippen molar-refractivity contribution < 1.29 is 9.53 Å². The van der Waals surface area contributed by atoms with Crippen molar-refractivity contribution in [1.82, 2.24) is 4.90 Å². The molecule has 0 amide bonds. The van der Waals surface area contributed by atoms with Crippen molar-refractivity contribution >= 4 is 21.9 Å². The van der Waals surface area contributed by atoms with Crippen molar-refractivity contribution in [3.8, 4) is 0 Å². The van der Waals surface area contributed by atoms with Crippen molar-refractivity contribution in [1.29, 1.82) is 0 Å². The lowest BCUT2D eigenvalue weighted by atomic mass is 9.96. The first-order valence-corrected chi connectivity index (χ1v) is 11.8. The van der Waals surface area contributed by atoms with Gasteiger partial charge < -0.3 is 4.74 Å². The van der Waals surface area contributed by atoms with Crippen LogP contribution in [0, 0.1) is 0 Å². The van der Waals surface area contributed by atoms with Crippen molar-refractivity contribution in [3.05, 3.63) is 106 Å². The zero-order valence-electron chi connectivity index (χ0n) is 19.3. The van der Waals surface area contributed by atoms with Crippen LogP contribution in [0.3, 0.4) is 0 Å². The third-order valence-corrected chi connectivity index (χ3v) is 5.95. The Morgan fingerprint density at radius 1 is 0.875 bits per heavy atom. The molecule has 0 spiro atoms. The highest BCUT2D eigenvalue weighted by Crippen LogP contribution is 2.35. The lowest BCUT2D eigenvalue weighted by molar-refractivity contribution is -0.156. The first kappa shape index (κ1) is 24.2. The van der Waals surface area contributed by atoms with Crippen LogP contribution in [0.25, 0.3) is 0 Å². The molecule has 0 fully saturated rings. The molecule has 4 heteroatoms. The predicted molar refractivity (Wildman–Crippen MR) is 134 cm³/mol. The molecule has 3 nitrogen and oxygen atoms in total. The number of halogens is 1. The van der Waals surface area contributed by atoms with Crippen molar-refractivity contribution in [2.75, 3.05) is 0 Å². The summed E-state index contributed by atoms with van der Waals surface area (Å²) >= 11 is 3.54. The second-order valence-corrected chi connectivity index (χ2v) is 10.0. The normalized spacial score (nSPS) is 13.6. The van der Waals surface area contributed by atoms with Crippen LogP contribution in [0.5, 0.6) is 0 Å². The number of ether oxygens (including phenoxy) is 1. The fourth-order valence-electron chi connectivity index (χ4n) is 3.89. The summed E-state index contributed by atoms with van der Waals surface area (Å²) in [5.41, 5.74) is 3.01. The minimum atomic E-state index is -0.517. The molecule has 0 aromatic heterocycles. The molecule has 3 aromatic carbocycles. The van der Waals surface area contributed by atoms with Gasteiger partial charge in [-0.05, 0) is 56.5 Å². The van der Waals surface area contributed by atoms with Gasteiger partial charge in [0.05, 0.1) is 6.42 Å². The van der Waals surface area contributed by atoms with Crippen molar-refractivity contribution in [3.63, 3.8) is 0 Å². The van der Waals surface area contributed by atoms with Gasteiger partial charge in [-0.3, -0.25) is 9.69 Å². The Morgan fingerprint density at radius 2 is 1.44 bits per heavy atom. The SMILES string of the molecule is C[C@@H](c1ccccc1)N(Cc1ccccc1)[C@@H](CC(=O)OC(C)(C)C)c1ccc(Br)cc1. The second-order valence-electron chi connectivity index (χ2n) is 9.10. The molecule has 0 aliphatic rings. The van der Waals surface area contributed by atoms with E-state index in [2.05, 4.69) is 88.4 Å². The molecular weight excluding hydrogens is 462 g/mol. The Balaban J connectivity index is 2.02. The zero-order valence-corrected chi connectivity index (χ0v) is 20.9. The van der Waals surface area contributed by atoms with Crippen molar-refractivity contribution in [2.24, 2.45) is 0 Å². The molecule has 0 saturated carbocycles. The highest BCUT2D eigenvalue weighted by atomic mass is 79.9. The van der Waals surface area contributed by atoms with E-state index in [1.54, 1.807) is 0 Å². The van der Waals surface area contributed by atoms with Gasteiger partial charge in [0, 0.05) is 23.1 Å². The Labute approximate surface area is 200 Å². The third-order valence-electron chi connectivity index (χ3n) is 5.42. The molecule has 168 valence electrons. The van der Waals surface area contributed by atoms with Crippen LogP contribution < -0.4 is 0 Å². The molecule has 0 aliphatic carbocycles. The van der Waals surface area contributed by atoms with Crippen LogP contribution in [0.15, 0.2) is 89.4 Å². The Bertz CT molecular complexity index is 981. The van der Waals surface area contributed by atoms with E-state index in [0.717, 1.165) is 16.6 Å². The van der Waals surface area contributed by atoms with Gasteiger partial charge in [0.1, 0.15) is 5.60 Å². The van der Waals surface area contributed by atoms with Crippen LogP contribution in [-0.2, 0) is 16.1 Å². The molecule has 3 aromatic rings. The number of carbonyl (C=O) groups excluding carboxylic acids is 1. The standard InChI is InChI=1S/C28H32BrNO2/c1-21(23-13-9-6-10-14-23)30(20-22-11-7-5-8-12-22)26(19-27(31)32-28(2,3)4)24-15-17-25(29)18-16-24/h5-18,21,26H,19-20H2,1-4H3/t21-,26-/m0/s1. The maximum atomic E-state index is 13.0. The lowest BCUT2D eigenvalue weighted by Crippen LogP contribution is -2.34. The molecule has 2 atom stereocenters. The quantitative estimate of drug-likeness (QED) is 0.304. The number of hydrogen-bond donors (Lipinski definition) is 0. The van der Waals surface area contributed by atoms with Crippen LogP contribution in [0.4, 0.5) is 0 Å². The Kier molecular flexibility index (Phi) is 8.27. The van der Waals surface area contributed by atoms with Crippen LogP contribution in [0.1, 0.15) is 62.9 Å². The van der Waals surface area contributed by atoms with Crippen LogP contribution in [-0.4, -0.2) is 16.5 Å². The van der Waals surface area contributed by atoms with Crippen LogP contribution >= 0.6 is 15.9 Å². The highest BCUT2D eigenvalue weighted by Gasteiger charge is 2.30. The van der Waals surface area contributed by atoms with Gasteiger partial charge in [-0.15, -0.1) is 0 Å². The van der Waals surface area contributed by atoms with E-state index in [0.29, 0.717) is 0 Å². The fraction of sp³-hybridized carbons (Fsp3) is 0.321. The van der Waals surface area contributed by atoms with Gasteiger partial charge in [0.15, 0.2) is 0 Å². The van der Waals surface area contributed by atoms with Gasteiger partial charge in [0.2, 0.25) is 0 Å². The number of rotatable bonds is 8. The number of benzene rings is 3. The monoisotopic (exact) mass is 493 g/mol. The number of hydrogen-bond acceptors (Lipinski definition) is 3. The summed E-state index contributed by atoms with van der Waals surface area (Å²) in [5, 5.41) is 0. The smallest absolute Gasteiger partial charge is 0.308 e. The van der Waals surface area contributed by atoms with Crippen molar-refractivity contribution in [2.45, 2.75) is 58.3 Å². The largest absolute Gasteiger partial charge is 0.460 e. The summed E-state index contributed by atoms with van der Waals surface area (Å²) in [4.78, 5) is 15.4. The molecule has 0 aliphatic heterocycles. The minimum absolute atomic E-state index is 0.104. The van der Waals surface area contributed by atoms with E-state index < -0.39 is 5.60 Å². The summed E-state index contributed by atoms with van der Waals surface area (Å²) < 4.78 is 6.74. The van der Waals surface area contributed by atoms with Gasteiger partial charge >= 0.3 is 5.97 Å². The van der Waals surface area contributed by atoms with E-state index in [9.17, 15) is 4.79 Å². The third kappa shape index (κ3) is 7.04. The summed E-state index contributed by atoms with van der Waals surface area (Å²) in [6.07, 6.45) is 0.281. The van der Waals surface area contributed by atoms with Gasteiger partial charge in [-0.2, -0.15) is 0 Å². The first-order chi connectivity index (χ1) is 15.2. The maximum absolute atomic E-state index is 13.0. The minimum Gasteiger partial charge on any atom is -0.460 e. The molecule has 0 bridgehead atoms. The molecule has 3 rings (SSSR count). The van der Waals surface area contributed by atoms with Crippen LogP contribution in [0.2, 0.25) is 0 Å². The van der Waals surface area contributed by atoms with E-state index in [-0.39, 0.29) is 24.5 Å². The Morgan fingerprint density at radius 3 is 2.00 bits per heavy atom. The highest BCUT2D eigenvalue weighted by molar-refractivity contribution is 9.10. The number of esters is 1. The van der Waals surface area contributed by atoms with Gasteiger partial charge in [-0.1, -0.05) is 88.7 Å². The zero-order chi connectivity index (χ0) is 23.1. The summed E-state index contributed by atoms with van der Waals surface area (Å²) in [6.45, 7) is 8.66. The predicted octanol–water partition coefficient (Wildman–Crippen LogP) is 7.49. The molecule has 32 heavy (non-hydrogen) atoms. The summed E-state index contributed by atoms with van der Waals surface area (Å²) in [6, 6.07) is 29.1. The van der Waals surface area contributed by atoms with E-state index in [1.807, 2.05) is 45.0 Å². The molecular formula is C28H32BrNO2. The molecule has 0 saturated heterocycles. The topological polar surface area (TPSA) is 29.5 Å². The fourth-order valence-corrected chi connectivity index (χ4v) is 4.15. The number of carbonyl (C=O) groups is 1. The molecule has 0 N–H and O–H groups in total. The first-order valence-electron chi connectivity index (χ1n) is 11.0. The van der Waals surface area contributed by atoms with E-state index in [1.165, 1.54) is 11.1 Å². The van der Waals surface area contributed by atoms with Gasteiger partial charge in [-0.25, -0.2) is 0 Å². The number of nitrogens with zero attached hydrogens (tertiary/aromatic N) is 1. The maximum Gasteiger partial charge on any atom is 0.308 e. The Hall–Kier alpha value is -2.43. The average molecular weight is 494 g/mol.